The molecule has 1 aliphatic rings. The average Bonchev–Trinajstić information content (AvgIpc) is 2.21. The van der Waals surface area contributed by atoms with Crippen LogP contribution in [0.5, 0.6) is 0 Å². The molecule has 0 saturated heterocycles. The van der Waals surface area contributed by atoms with Crippen molar-refractivity contribution in [2.24, 2.45) is 17.1 Å². The molecule has 0 aromatic carbocycles. The van der Waals surface area contributed by atoms with E-state index in [1.165, 1.54) is 12.8 Å². The van der Waals surface area contributed by atoms with Gasteiger partial charge in [0.1, 0.15) is 0 Å². The fourth-order valence-corrected chi connectivity index (χ4v) is 2.82. The van der Waals surface area contributed by atoms with Crippen LogP contribution in [0.4, 0.5) is 0 Å². The van der Waals surface area contributed by atoms with E-state index in [4.69, 9.17) is 10.5 Å². The fraction of sp³-hybridized carbons (Fsp3) is 1.00. The van der Waals surface area contributed by atoms with Gasteiger partial charge in [0.05, 0.1) is 5.60 Å². The summed E-state index contributed by atoms with van der Waals surface area (Å²) in [4.78, 5) is 0. The van der Waals surface area contributed by atoms with Gasteiger partial charge in [-0.1, -0.05) is 27.7 Å². The summed E-state index contributed by atoms with van der Waals surface area (Å²) in [5, 5.41) is 0. The monoisotopic (exact) mass is 227 g/mol. The van der Waals surface area contributed by atoms with Crippen molar-refractivity contribution in [1.29, 1.82) is 0 Å². The van der Waals surface area contributed by atoms with Crippen LogP contribution in [0.25, 0.3) is 0 Å². The zero-order chi connectivity index (χ0) is 12.4. The summed E-state index contributed by atoms with van der Waals surface area (Å²) in [6, 6.07) is 0.170. The van der Waals surface area contributed by atoms with Gasteiger partial charge in [0.15, 0.2) is 0 Å². The number of hydrogen-bond donors (Lipinski definition) is 1. The average molecular weight is 227 g/mol. The molecule has 0 aliphatic heterocycles. The van der Waals surface area contributed by atoms with Crippen LogP contribution in [-0.2, 0) is 4.74 Å². The van der Waals surface area contributed by atoms with Gasteiger partial charge in [0.2, 0.25) is 0 Å². The van der Waals surface area contributed by atoms with Crippen LogP contribution < -0.4 is 5.73 Å². The molecular weight excluding hydrogens is 198 g/mol. The topological polar surface area (TPSA) is 35.2 Å². The Morgan fingerprint density at radius 3 is 2.00 bits per heavy atom. The van der Waals surface area contributed by atoms with Crippen molar-refractivity contribution < 1.29 is 4.74 Å². The molecule has 2 nitrogen and oxygen atoms in total. The van der Waals surface area contributed by atoms with Crippen LogP contribution in [0, 0.1) is 11.3 Å². The molecule has 1 rings (SSSR count). The van der Waals surface area contributed by atoms with Crippen LogP contribution in [0.3, 0.4) is 0 Å². The van der Waals surface area contributed by atoms with E-state index < -0.39 is 0 Å². The second kappa shape index (κ2) is 5.05. The Labute approximate surface area is 101 Å². The Morgan fingerprint density at radius 1 is 1.12 bits per heavy atom. The summed E-state index contributed by atoms with van der Waals surface area (Å²) in [7, 11) is 0. The maximum absolute atomic E-state index is 6.38. The van der Waals surface area contributed by atoms with Crippen molar-refractivity contribution in [3.63, 3.8) is 0 Å². The molecule has 0 aromatic heterocycles. The van der Waals surface area contributed by atoms with Gasteiger partial charge in [-0.25, -0.2) is 0 Å². The standard InChI is InChI=1S/C14H29NO/c1-6-16-14(12(15)11(2)3)9-7-13(4,5)8-10-14/h11-12H,6-10,15H2,1-5H3. The van der Waals surface area contributed by atoms with Crippen molar-refractivity contribution in [3.05, 3.63) is 0 Å². The highest BCUT2D eigenvalue weighted by molar-refractivity contribution is 4.98. The third kappa shape index (κ3) is 2.98. The second-order valence-electron chi connectivity index (χ2n) is 6.43. The van der Waals surface area contributed by atoms with Gasteiger partial charge in [0.25, 0.3) is 0 Å². The van der Waals surface area contributed by atoms with Crippen LogP contribution in [0.1, 0.15) is 60.3 Å². The molecule has 1 atom stereocenters. The number of nitrogens with two attached hydrogens (primary N) is 1. The molecule has 96 valence electrons. The molecule has 1 unspecified atom stereocenters. The third-order valence-corrected chi connectivity index (χ3v) is 4.21. The molecule has 1 aliphatic carbocycles. The van der Waals surface area contributed by atoms with E-state index in [-0.39, 0.29) is 11.6 Å². The summed E-state index contributed by atoms with van der Waals surface area (Å²) >= 11 is 0. The van der Waals surface area contributed by atoms with Crippen molar-refractivity contribution >= 4 is 0 Å². The summed E-state index contributed by atoms with van der Waals surface area (Å²) in [6.45, 7) is 12.0. The fourth-order valence-electron chi connectivity index (χ4n) is 2.82. The molecule has 1 saturated carbocycles. The quantitative estimate of drug-likeness (QED) is 0.799. The van der Waals surface area contributed by atoms with Gasteiger partial charge in [-0.05, 0) is 43.9 Å². The molecule has 16 heavy (non-hydrogen) atoms. The zero-order valence-electron chi connectivity index (χ0n) is 11.7. The lowest BCUT2D eigenvalue weighted by Gasteiger charge is -2.47. The number of ether oxygens (including phenoxy) is 1. The van der Waals surface area contributed by atoms with Crippen molar-refractivity contribution in [2.75, 3.05) is 6.61 Å². The molecule has 0 radical (unpaired) electrons. The highest BCUT2D eigenvalue weighted by atomic mass is 16.5. The van der Waals surface area contributed by atoms with Crippen LogP contribution in [-0.4, -0.2) is 18.2 Å². The summed E-state index contributed by atoms with van der Waals surface area (Å²) in [5.41, 5.74) is 6.79. The van der Waals surface area contributed by atoms with Gasteiger partial charge in [-0.2, -0.15) is 0 Å². The Bertz CT molecular complexity index is 213. The summed E-state index contributed by atoms with van der Waals surface area (Å²) in [6.07, 6.45) is 4.70. The maximum atomic E-state index is 6.38. The first-order valence-corrected chi connectivity index (χ1v) is 6.72. The van der Waals surface area contributed by atoms with E-state index in [1.54, 1.807) is 0 Å². The first-order chi connectivity index (χ1) is 7.33. The van der Waals surface area contributed by atoms with Crippen molar-refractivity contribution in [2.45, 2.75) is 71.9 Å². The first kappa shape index (κ1) is 14.0. The van der Waals surface area contributed by atoms with Gasteiger partial charge in [0, 0.05) is 12.6 Å². The van der Waals surface area contributed by atoms with Crippen molar-refractivity contribution in [1.82, 2.24) is 0 Å². The smallest absolute Gasteiger partial charge is 0.0835 e. The van der Waals surface area contributed by atoms with E-state index >= 15 is 0 Å². The number of rotatable bonds is 4. The SMILES string of the molecule is CCOC1(C(N)C(C)C)CCC(C)(C)CC1. The van der Waals surface area contributed by atoms with Crippen LogP contribution in [0.2, 0.25) is 0 Å². The van der Waals surface area contributed by atoms with E-state index in [0.29, 0.717) is 11.3 Å². The van der Waals surface area contributed by atoms with E-state index in [0.717, 1.165) is 19.4 Å². The Kier molecular flexibility index (Phi) is 4.42. The predicted molar refractivity (Wildman–Crippen MR) is 69.4 cm³/mol. The predicted octanol–water partition coefficient (Wildman–Crippen LogP) is 3.35. The Morgan fingerprint density at radius 2 is 1.62 bits per heavy atom. The zero-order valence-corrected chi connectivity index (χ0v) is 11.7. The molecular formula is C14H29NO. The van der Waals surface area contributed by atoms with Gasteiger partial charge >= 0.3 is 0 Å². The van der Waals surface area contributed by atoms with Crippen LogP contribution in [0.15, 0.2) is 0 Å². The highest BCUT2D eigenvalue weighted by Crippen LogP contribution is 2.44. The molecule has 0 bridgehead atoms. The largest absolute Gasteiger partial charge is 0.374 e. The molecule has 2 N–H and O–H groups in total. The summed E-state index contributed by atoms with van der Waals surface area (Å²) in [5.74, 6) is 0.493. The normalized spacial score (nSPS) is 25.7. The van der Waals surface area contributed by atoms with Gasteiger partial charge in [-0.15, -0.1) is 0 Å². The second-order valence-corrected chi connectivity index (χ2v) is 6.43. The molecule has 0 spiro atoms. The molecule has 0 aromatic rings. The van der Waals surface area contributed by atoms with Crippen molar-refractivity contribution in [3.8, 4) is 0 Å². The van der Waals surface area contributed by atoms with E-state index in [2.05, 4.69) is 34.6 Å². The molecule has 0 heterocycles. The maximum Gasteiger partial charge on any atom is 0.0835 e. The molecule has 0 amide bonds. The van der Waals surface area contributed by atoms with Gasteiger partial charge in [-0.3, -0.25) is 0 Å². The minimum absolute atomic E-state index is 0.0571. The lowest BCUT2D eigenvalue weighted by atomic mass is 9.67. The minimum Gasteiger partial charge on any atom is -0.374 e. The lowest BCUT2D eigenvalue weighted by molar-refractivity contribution is -0.107. The summed E-state index contributed by atoms with van der Waals surface area (Å²) < 4.78 is 6.06. The van der Waals surface area contributed by atoms with E-state index in [9.17, 15) is 0 Å². The number of hydrogen-bond acceptors (Lipinski definition) is 2. The third-order valence-electron chi connectivity index (χ3n) is 4.21. The lowest BCUT2D eigenvalue weighted by Crippen LogP contribution is -2.55. The molecule has 2 heteroatoms. The minimum atomic E-state index is -0.0571. The van der Waals surface area contributed by atoms with E-state index in [1.807, 2.05) is 0 Å². The molecule has 1 fully saturated rings. The highest BCUT2D eigenvalue weighted by Gasteiger charge is 2.44. The Hall–Kier alpha value is -0.0800. The Balaban J connectivity index is 2.75. The first-order valence-electron chi connectivity index (χ1n) is 6.72. The van der Waals surface area contributed by atoms with Crippen LogP contribution >= 0.6 is 0 Å². The van der Waals surface area contributed by atoms with Gasteiger partial charge < -0.3 is 10.5 Å².